The molecule has 0 aromatic heterocycles. The second kappa shape index (κ2) is 4.55. The van der Waals surface area contributed by atoms with E-state index in [2.05, 4.69) is 5.32 Å². The standard InChI is InChI=1S/C8H15NO4/c1-5(10)9-7-6(11)3-4-13-8(7)12-2/h6-8,11H,3-4H2,1-2H3,(H,9,10)/t6-,7-,8+/m1/s1. The molecule has 0 radical (unpaired) electrons. The summed E-state index contributed by atoms with van der Waals surface area (Å²) in [5.74, 6) is -0.198. The van der Waals surface area contributed by atoms with Gasteiger partial charge in [0.2, 0.25) is 5.91 Å². The number of aliphatic hydroxyl groups is 1. The number of carbonyl (C=O) groups excluding carboxylic acids is 1. The Morgan fingerprint density at radius 3 is 2.92 bits per heavy atom. The molecule has 1 heterocycles. The molecule has 0 saturated carbocycles. The van der Waals surface area contributed by atoms with Crippen LogP contribution in [-0.4, -0.2) is 43.2 Å². The van der Waals surface area contributed by atoms with Gasteiger partial charge in [-0.25, -0.2) is 0 Å². The lowest BCUT2D eigenvalue weighted by Crippen LogP contribution is -2.55. The summed E-state index contributed by atoms with van der Waals surface area (Å²) >= 11 is 0. The van der Waals surface area contributed by atoms with Gasteiger partial charge in [-0.1, -0.05) is 0 Å². The number of amides is 1. The van der Waals surface area contributed by atoms with E-state index in [4.69, 9.17) is 9.47 Å². The predicted molar refractivity (Wildman–Crippen MR) is 45.0 cm³/mol. The summed E-state index contributed by atoms with van der Waals surface area (Å²) < 4.78 is 10.2. The van der Waals surface area contributed by atoms with Crippen molar-refractivity contribution >= 4 is 5.91 Å². The van der Waals surface area contributed by atoms with E-state index >= 15 is 0 Å². The van der Waals surface area contributed by atoms with E-state index in [1.54, 1.807) is 0 Å². The van der Waals surface area contributed by atoms with Crippen LogP contribution in [0.2, 0.25) is 0 Å². The van der Waals surface area contributed by atoms with Crippen LogP contribution < -0.4 is 5.32 Å². The molecule has 0 aromatic rings. The molecule has 0 spiro atoms. The van der Waals surface area contributed by atoms with Gasteiger partial charge in [-0.2, -0.15) is 0 Å². The Hall–Kier alpha value is -0.650. The minimum Gasteiger partial charge on any atom is -0.391 e. The molecule has 1 fully saturated rings. The topological polar surface area (TPSA) is 67.8 Å². The maximum absolute atomic E-state index is 10.8. The van der Waals surface area contributed by atoms with Gasteiger partial charge in [-0.05, 0) is 6.42 Å². The molecule has 13 heavy (non-hydrogen) atoms. The van der Waals surface area contributed by atoms with Crippen molar-refractivity contribution in [1.29, 1.82) is 0 Å². The molecule has 1 aliphatic heterocycles. The van der Waals surface area contributed by atoms with Crippen molar-refractivity contribution in [2.75, 3.05) is 13.7 Å². The van der Waals surface area contributed by atoms with Gasteiger partial charge >= 0.3 is 0 Å². The number of hydrogen-bond acceptors (Lipinski definition) is 4. The second-order valence-corrected chi connectivity index (χ2v) is 3.06. The molecule has 5 heteroatoms. The number of rotatable bonds is 2. The average Bonchev–Trinajstić information content (AvgIpc) is 2.08. The fraction of sp³-hybridized carbons (Fsp3) is 0.875. The third-order valence-electron chi connectivity index (χ3n) is 2.01. The van der Waals surface area contributed by atoms with Crippen LogP contribution in [0.1, 0.15) is 13.3 Å². The molecule has 0 unspecified atom stereocenters. The van der Waals surface area contributed by atoms with E-state index in [9.17, 15) is 9.90 Å². The molecule has 3 atom stereocenters. The zero-order valence-corrected chi connectivity index (χ0v) is 7.82. The molecule has 0 aromatic carbocycles. The van der Waals surface area contributed by atoms with E-state index in [0.717, 1.165) is 0 Å². The predicted octanol–water partition coefficient (Wildman–Crippen LogP) is -0.755. The maximum Gasteiger partial charge on any atom is 0.217 e. The Bertz CT molecular complexity index is 185. The van der Waals surface area contributed by atoms with E-state index in [1.807, 2.05) is 0 Å². The first kappa shape index (κ1) is 10.4. The number of ether oxygens (including phenoxy) is 2. The van der Waals surface area contributed by atoms with Crippen LogP contribution >= 0.6 is 0 Å². The largest absolute Gasteiger partial charge is 0.391 e. The normalized spacial score (nSPS) is 34.2. The highest BCUT2D eigenvalue weighted by molar-refractivity contribution is 5.73. The summed E-state index contributed by atoms with van der Waals surface area (Å²) in [7, 11) is 1.48. The van der Waals surface area contributed by atoms with Crippen molar-refractivity contribution in [3.63, 3.8) is 0 Å². The number of carbonyl (C=O) groups is 1. The minimum atomic E-state index is -0.595. The second-order valence-electron chi connectivity index (χ2n) is 3.06. The number of nitrogens with one attached hydrogen (secondary N) is 1. The van der Waals surface area contributed by atoms with Gasteiger partial charge in [-0.3, -0.25) is 4.79 Å². The SMILES string of the molecule is CO[C@H]1OCC[C@@H](O)[C@H]1NC(C)=O. The van der Waals surface area contributed by atoms with Crippen LogP contribution in [0.15, 0.2) is 0 Å². The van der Waals surface area contributed by atoms with E-state index < -0.39 is 18.4 Å². The zero-order chi connectivity index (χ0) is 9.84. The lowest BCUT2D eigenvalue weighted by atomic mass is 10.1. The minimum absolute atomic E-state index is 0.198. The molecule has 1 aliphatic rings. The van der Waals surface area contributed by atoms with Crippen LogP contribution in [0.3, 0.4) is 0 Å². The monoisotopic (exact) mass is 189 g/mol. The average molecular weight is 189 g/mol. The number of hydrogen-bond donors (Lipinski definition) is 2. The molecule has 1 rings (SSSR count). The summed E-state index contributed by atoms with van der Waals surface area (Å²) in [6.45, 7) is 1.85. The first-order valence-corrected chi connectivity index (χ1v) is 4.24. The number of aliphatic hydroxyl groups excluding tert-OH is 1. The first-order chi connectivity index (χ1) is 6.15. The molecular formula is C8H15NO4. The summed E-state index contributed by atoms with van der Waals surface area (Å²) in [6, 6.07) is -0.462. The molecule has 76 valence electrons. The lowest BCUT2D eigenvalue weighted by molar-refractivity contribution is -0.191. The molecule has 5 nitrogen and oxygen atoms in total. The van der Waals surface area contributed by atoms with Gasteiger partial charge in [0, 0.05) is 14.0 Å². The first-order valence-electron chi connectivity index (χ1n) is 4.24. The summed E-state index contributed by atoms with van der Waals surface area (Å²) in [4.78, 5) is 10.8. The van der Waals surface area contributed by atoms with Gasteiger partial charge in [0.1, 0.15) is 6.04 Å². The number of methoxy groups -OCH3 is 1. The van der Waals surface area contributed by atoms with Crippen molar-refractivity contribution in [3.8, 4) is 0 Å². The third-order valence-corrected chi connectivity index (χ3v) is 2.01. The van der Waals surface area contributed by atoms with Crippen molar-refractivity contribution in [3.05, 3.63) is 0 Å². The van der Waals surface area contributed by atoms with E-state index in [0.29, 0.717) is 13.0 Å². The van der Waals surface area contributed by atoms with Crippen molar-refractivity contribution < 1.29 is 19.4 Å². The van der Waals surface area contributed by atoms with Gasteiger partial charge in [0.25, 0.3) is 0 Å². The van der Waals surface area contributed by atoms with Crippen molar-refractivity contribution in [1.82, 2.24) is 5.32 Å². The molecule has 1 amide bonds. The Kier molecular flexibility index (Phi) is 3.65. The van der Waals surface area contributed by atoms with Crippen LogP contribution in [0.4, 0.5) is 0 Å². The molecule has 1 saturated heterocycles. The molecule has 0 bridgehead atoms. The smallest absolute Gasteiger partial charge is 0.217 e. The Morgan fingerprint density at radius 2 is 2.38 bits per heavy atom. The molecule has 0 aliphatic carbocycles. The van der Waals surface area contributed by atoms with Gasteiger partial charge in [-0.15, -0.1) is 0 Å². The fourth-order valence-corrected chi connectivity index (χ4v) is 1.38. The lowest BCUT2D eigenvalue weighted by Gasteiger charge is -2.34. The summed E-state index contributed by atoms with van der Waals surface area (Å²) in [5.41, 5.74) is 0. The van der Waals surface area contributed by atoms with E-state index in [-0.39, 0.29) is 5.91 Å². The van der Waals surface area contributed by atoms with Crippen LogP contribution in [-0.2, 0) is 14.3 Å². The Balaban J connectivity index is 2.56. The summed E-state index contributed by atoms with van der Waals surface area (Å²) in [6.07, 6.45) is -0.625. The maximum atomic E-state index is 10.8. The molecular weight excluding hydrogens is 174 g/mol. The van der Waals surface area contributed by atoms with Crippen LogP contribution in [0, 0.1) is 0 Å². The Morgan fingerprint density at radius 1 is 1.69 bits per heavy atom. The van der Waals surface area contributed by atoms with Gasteiger partial charge < -0.3 is 19.9 Å². The Labute approximate surface area is 77.0 Å². The molecule has 2 N–H and O–H groups in total. The van der Waals surface area contributed by atoms with Crippen LogP contribution in [0.5, 0.6) is 0 Å². The highest BCUT2D eigenvalue weighted by atomic mass is 16.7. The van der Waals surface area contributed by atoms with Gasteiger partial charge in [0.05, 0.1) is 12.7 Å². The quantitative estimate of drug-likeness (QED) is 0.599. The van der Waals surface area contributed by atoms with Crippen LogP contribution in [0.25, 0.3) is 0 Å². The van der Waals surface area contributed by atoms with Crippen molar-refractivity contribution in [2.24, 2.45) is 0 Å². The fourth-order valence-electron chi connectivity index (χ4n) is 1.38. The highest BCUT2D eigenvalue weighted by Crippen LogP contribution is 2.15. The highest BCUT2D eigenvalue weighted by Gasteiger charge is 2.33. The zero-order valence-electron chi connectivity index (χ0n) is 7.82. The third kappa shape index (κ3) is 2.65. The summed E-state index contributed by atoms with van der Waals surface area (Å²) in [5, 5.41) is 12.1. The van der Waals surface area contributed by atoms with Crippen molar-refractivity contribution in [2.45, 2.75) is 31.8 Å². The van der Waals surface area contributed by atoms with E-state index in [1.165, 1.54) is 14.0 Å². The van der Waals surface area contributed by atoms with Gasteiger partial charge in [0.15, 0.2) is 6.29 Å².